The molecule has 4 nitrogen and oxygen atoms in total. The Balaban J connectivity index is 1.11. The van der Waals surface area contributed by atoms with Crippen LogP contribution in [0.2, 0.25) is 0 Å². The van der Waals surface area contributed by atoms with Crippen molar-refractivity contribution in [3.8, 4) is 45.3 Å². The molecule has 0 fully saturated rings. The Labute approximate surface area is 326 Å². The van der Waals surface area contributed by atoms with Crippen LogP contribution in [-0.4, -0.2) is 15.0 Å². The van der Waals surface area contributed by atoms with Crippen molar-refractivity contribution < 1.29 is 4.42 Å². The molecule has 0 N–H and O–H groups in total. The Bertz CT molecular complexity index is 3350. The van der Waals surface area contributed by atoms with Crippen molar-refractivity contribution in [1.29, 1.82) is 0 Å². The van der Waals surface area contributed by atoms with E-state index in [9.17, 15) is 0 Å². The fraction of sp³-hybridized carbons (Fsp3) is 0. The van der Waals surface area contributed by atoms with Crippen LogP contribution in [0.4, 0.5) is 0 Å². The van der Waals surface area contributed by atoms with Gasteiger partial charge in [0.1, 0.15) is 11.2 Å². The standard InChI is InChI=1S/C51H31N3OS/c1-2-13-32(14-3-1)49-52-50(54-51(53-49)44-22-12-21-43-42-20-8-9-23-46(42)55-48(43)44)35-15-10-11-28-56-47-27-25-33(29-36(47)30-35)34-24-26-41-39-18-5-4-16-37(39)38-17-6-7-19-40(38)45(41)31-34/h1-31H. The SMILES string of the molecule is c1ccc(-c2nc(-c3ccccsc4ccc(-c5ccc6c7ccccc7c7ccccc7c6c5)cc4c3)nc(-c3cccc4c3oc3ccccc34)n2)cc1. The minimum Gasteiger partial charge on any atom is -0.455 e. The predicted molar refractivity (Wildman–Crippen MR) is 234 cm³/mol. The van der Waals surface area contributed by atoms with Crippen LogP contribution >= 0.6 is 11.3 Å². The van der Waals surface area contributed by atoms with E-state index in [1.165, 1.54) is 37.9 Å². The van der Waals surface area contributed by atoms with Crippen molar-refractivity contribution >= 4 is 75.7 Å². The largest absolute Gasteiger partial charge is 0.455 e. The zero-order chi connectivity index (χ0) is 37.0. The fourth-order valence-corrected chi connectivity index (χ4v) is 8.69. The number of furan rings is 1. The van der Waals surface area contributed by atoms with Crippen molar-refractivity contribution in [1.82, 2.24) is 15.0 Å². The van der Waals surface area contributed by atoms with Gasteiger partial charge in [0.15, 0.2) is 17.5 Å². The lowest BCUT2D eigenvalue weighted by molar-refractivity contribution is 0.669. The summed E-state index contributed by atoms with van der Waals surface area (Å²) in [6, 6.07) is 63.8. The number of nitrogens with zero attached hydrogens (tertiary/aromatic N) is 3. The molecule has 0 radical (unpaired) electrons. The smallest absolute Gasteiger partial charge is 0.167 e. The van der Waals surface area contributed by atoms with E-state index in [1.54, 1.807) is 11.3 Å². The molecule has 3 heterocycles. The van der Waals surface area contributed by atoms with E-state index in [0.29, 0.717) is 17.5 Å². The lowest BCUT2D eigenvalue weighted by atomic mass is 9.92. The quantitative estimate of drug-likeness (QED) is 0.169. The molecule has 0 spiro atoms. The van der Waals surface area contributed by atoms with Gasteiger partial charge >= 0.3 is 0 Å². The molecule has 0 aliphatic heterocycles. The van der Waals surface area contributed by atoms with Crippen LogP contribution in [-0.2, 0) is 0 Å². The van der Waals surface area contributed by atoms with E-state index in [-0.39, 0.29) is 0 Å². The van der Waals surface area contributed by atoms with Crippen LogP contribution in [0.3, 0.4) is 0 Å². The highest BCUT2D eigenvalue weighted by atomic mass is 32.1. The van der Waals surface area contributed by atoms with Crippen LogP contribution in [0.1, 0.15) is 0 Å². The number of para-hydroxylation sites is 2. The summed E-state index contributed by atoms with van der Waals surface area (Å²) >= 11 is 1.70. The van der Waals surface area contributed by atoms with Crippen LogP contribution in [0, 0.1) is 0 Å². The summed E-state index contributed by atoms with van der Waals surface area (Å²) in [5.41, 5.74) is 6.51. The van der Waals surface area contributed by atoms with E-state index in [2.05, 4.69) is 127 Å². The minimum atomic E-state index is 0.558. The van der Waals surface area contributed by atoms with Gasteiger partial charge in [-0.1, -0.05) is 146 Å². The molecular formula is C51H31N3OS. The summed E-state index contributed by atoms with van der Waals surface area (Å²) in [6.45, 7) is 0. The summed E-state index contributed by atoms with van der Waals surface area (Å²) < 4.78 is 7.60. The van der Waals surface area contributed by atoms with Crippen molar-refractivity contribution in [2.24, 2.45) is 0 Å². The zero-order valence-electron chi connectivity index (χ0n) is 30.1. The lowest BCUT2D eigenvalue weighted by Crippen LogP contribution is -2.00. The first-order chi connectivity index (χ1) is 27.7. The first-order valence-electron chi connectivity index (χ1n) is 18.7. The maximum absolute atomic E-state index is 6.45. The molecule has 0 atom stereocenters. The topological polar surface area (TPSA) is 51.8 Å². The fourth-order valence-electron chi connectivity index (χ4n) is 7.97. The molecule has 56 heavy (non-hydrogen) atoms. The van der Waals surface area contributed by atoms with Crippen LogP contribution in [0.25, 0.3) is 110 Å². The van der Waals surface area contributed by atoms with E-state index in [4.69, 9.17) is 19.4 Å². The number of hydrogen-bond acceptors (Lipinski definition) is 5. The van der Waals surface area contributed by atoms with Gasteiger partial charge in [-0.2, -0.15) is 0 Å². The van der Waals surface area contributed by atoms with Crippen LogP contribution in [0.15, 0.2) is 192 Å². The van der Waals surface area contributed by atoms with Crippen LogP contribution in [0.5, 0.6) is 0 Å². The zero-order valence-corrected chi connectivity index (χ0v) is 30.9. The molecule has 0 saturated heterocycles. The van der Waals surface area contributed by atoms with E-state index in [1.807, 2.05) is 60.7 Å². The number of benzene rings is 8. The molecule has 0 saturated carbocycles. The normalized spacial score (nSPS) is 11.6. The molecule has 5 heteroatoms. The van der Waals surface area contributed by atoms with Gasteiger partial charge in [0.25, 0.3) is 0 Å². The third-order valence-corrected chi connectivity index (χ3v) is 11.5. The third-order valence-electron chi connectivity index (χ3n) is 10.6. The average Bonchev–Trinajstić information content (AvgIpc) is 3.69. The van der Waals surface area contributed by atoms with Crippen molar-refractivity contribution in [3.05, 3.63) is 187 Å². The lowest BCUT2D eigenvalue weighted by Gasteiger charge is -2.12. The van der Waals surface area contributed by atoms with Gasteiger partial charge in [0.2, 0.25) is 0 Å². The Morgan fingerprint density at radius 2 is 0.911 bits per heavy atom. The van der Waals surface area contributed by atoms with E-state index < -0.39 is 0 Å². The molecule has 262 valence electrons. The number of hydrogen-bond donors (Lipinski definition) is 0. The monoisotopic (exact) mass is 733 g/mol. The summed E-state index contributed by atoms with van der Waals surface area (Å²) in [4.78, 5) is 15.4. The van der Waals surface area contributed by atoms with Gasteiger partial charge in [-0.15, -0.1) is 11.3 Å². The highest BCUT2D eigenvalue weighted by Crippen LogP contribution is 2.39. The molecule has 8 aromatic carbocycles. The van der Waals surface area contributed by atoms with Crippen molar-refractivity contribution in [2.75, 3.05) is 0 Å². The summed E-state index contributed by atoms with van der Waals surface area (Å²) in [7, 11) is 0. The molecule has 0 amide bonds. The molecule has 0 unspecified atom stereocenters. The van der Waals surface area contributed by atoms with Gasteiger partial charge in [-0.25, -0.2) is 15.0 Å². The second-order valence-electron chi connectivity index (χ2n) is 14.0. The minimum absolute atomic E-state index is 0.558. The van der Waals surface area contributed by atoms with Gasteiger partial charge in [-0.3, -0.25) is 0 Å². The number of rotatable bonds is 4. The molecule has 3 aromatic heterocycles. The van der Waals surface area contributed by atoms with Gasteiger partial charge < -0.3 is 4.42 Å². The summed E-state index contributed by atoms with van der Waals surface area (Å²) in [6.07, 6.45) is 0. The second kappa shape index (κ2) is 13.3. The number of fused-ring (bicyclic) bond motifs is 10. The van der Waals surface area contributed by atoms with E-state index in [0.717, 1.165) is 54.3 Å². The third kappa shape index (κ3) is 5.48. The Hall–Kier alpha value is -7.21. The first-order valence-corrected chi connectivity index (χ1v) is 19.5. The molecular weight excluding hydrogens is 703 g/mol. The second-order valence-corrected chi connectivity index (χ2v) is 14.9. The van der Waals surface area contributed by atoms with Crippen molar-refractivity contribution in [3.63, 3.8) is 0 Å². The first kappa shape index (κ1) is 32.2. The van der Waals surface area contributed by atoms with Gasteiger partial charge in [-0.05, 0) is 90.6 Å². The molecule has 0 aliphatic carbocycles. The molecule has 11 aromatic rings. The van der Waals surface area contributed by atoms with E-state index >= 15 is 0 Å². The molecule has 11 rings (SSSR count). The molecule has 0 aliphatic rings. The van der Waals surface area contributed by atoms with Gasteiger partial charge in [0, 0.05) is 26.6 Å². The van der Waals surface area contributed by atoms with Crippen LogP contribution < -0.4 is 0 Å². The highest BCUT2D eigenvalue weighted by Gasteiger charge is 2.18. The Morgan fingerprint density at radius 3 is 1.70 bits per heavy atom. The summed E-state index contributed by atoms with van der Waals surface area (Å²) in [5.74, 6) is 1.74. The Kier molecular flexibility index (Phi) is 7.64. The predicted octanol–water partition coefficient (Wildman–Crippen LogP) is 14.2. The maximum Gasteiger partial charge on any atom is 0.167 e. The Morgan fingerprint density at radius 1 is 0.357 bits per heavy atom. The van der Waals surface area contributed by atoms with Crippen molar-refractivity contribution in [2.45, 2.75) is 0 Å². The number of aromatic nitrogens is 3. The maximum atomic E-state index is 6.45. The highest BCUT2D eigenvalue weighted by molar-refractivity contribution is 7.16. The summed E-state index contributed by atoms with van der Waals surface area (Å²) in [5, 5.41) is 12.9. The molecule has 0 bridgehead atoms. The van der Waals surface area contributed by atoms with Gasteiger partial charge in [0.05, 0.1) is 5.56 Å². The average molecular weight is 734 g/mol.